The van der Waals surface area contributed by atoms with Crippen LogP contribution in [0.15, 0.2) is 36.4 Å². The summed E-state index contributed by atoms with van der Waals surface area (Å²) in [4.78, 5) is 17.4. The normalized spacial score (nSPS) is 13.8. The molecule has 4 heterocycles. The SMILES string of the molecule is Cc1cccc(CN2CCN(C(=O)CCc3c(C)nn(-c4ccc5nnc(C)n5n4)c3C)CC2)c1.O=S=O. The lowest BCUT2D eigenvalue weighted by Gasteiger charge is -2.35. The number of rotatable bonds is 6. The third-order valence-electron chi connectivity index (χ3n) is 6.87. The van der Waals surface area contributed by atoms with Gasteiger partial charge in [0.15, 0.2) is 17.3 Å². The molecule has 11 nitrogen and oxygen atoms in total. The van der Waals surface area contributed by atoms with Crippen LogP contribution < -0.4 is 0 Å². The van der Waals surface area contributed by atoms with Gasteiger partial charge in [0, 0.05) is 44.8 Å². The van der Waals surface area contributed by atoms with Crippen LogP contribution in [-0.2, 0) is 29.3 Å². The molecule has 0 spiro atoms. The summed E-state index contributed by atoms with van der Waals surface area (Å²) in [6, 6.07) is 12.4. The minimum Gasteiger partial charge on any atom is -0.340 e. The molecular formula is C26H32N8O3S. The average Bonchev–Trinajstić information content (AvgIpc) is 3.41. The standard InChI is InChI=1S/C26H32N8O.O2S/c1-18-6-5-7-22(16-18)17-31-12-14-32(15-13-31)26(35)11-8-23-19(2)29-33(20(23)3)25-10-9-24-28-27-21(4)34(24)30-25;1-3-2/h5-7,9-10,16H,8,11-15,17H2,1-4H3;. The predicted molar refractivity (Wildman–Crippen MR) is 142 cm³/mol. The number of amides is 1. The maximum atomic E-state index is 13.0. The Hall–Kier alpha value is -3.77. The zero-order chi connectivity index (χ0) is 27.2. The second-order valence-corrected chi connectivity index (χ2v) is 9.62. The van der Waals surface area contributed by atoms with Gasteiger partial charge in [0.25, 0.3) is 0 Å². The Kier molecular flexibility index (Phi) is 8.74. The number of piperazine rings is 1. The summed E-state index contributed by atoms with van der Waals surface area (Å²) in [6.07, 6.45) is 1.16. The topological polar surface area (TPSA) is 119 Å². The molecule has 1 aromatic carbocycles. The van der Waals surface area contributed by atoms with Crippen LogP contribution in [0.2, 0.25) is 0 Å². The molecule has 1 saturated heterocycles. The van der Waals surface area contributed by atoms with Crippen molar-refractivity contribution in [1.82, 2.24) is 39.4 Å². The molecule has 0 aliphatic carbocycles. The Labute approximate surface area is 225 Å². The van der Waals surface area contributed by atoms with E-state index in [2.05, 4.69) is 51.4 Å². The van der Waals surface area contributed by atoms with Crippen LogP contribution in [0.25, 0.3) is 11.5 Å². The molecule has 12 heteroatoms. The number of aryl methyl sites for hydroxylation is 3. The summed E-state index contributed by atoms with van der Waals surface area (Å²) in [6.45, 7) is 12.4. The van der Waals surface area contributed by atoms with Gasteiger partial charge in [0.2, 0.25) is 5.91 Å². The molecule has 200 valence electrons. The summed E-state index contributed by atoms with van der Waals surface area (Å²) in [5, 5.41) is 17.5. The molecule has 0 unspecified atom stereocenters. The van der Waals surface area contributed by atoms with E-state index in [1.807, 2.05) is 42.5 Å². The number of carbonyl (C=O) groups is 1. The number of hydrogen-bond donors (Lipinski definition) is 0. The molecule has 5 rings (SSSR count). The second kappa shape index (κ2) is 12.2. The quantitative estimate of drug-likeness (QED) is 0.368. The van der Waals surface area contributed by atoms with Crippen molar-refractivity contribution < 1.29 is 13.2 Å². The maximum Gasteiger partial charge on any atom is 0.335 e. The van der Waals surface area contributed by atoms with Gasteiger partial charge in [-0.05, 0) is 57.4 Å². The molecule has 1 aliphatic heterocycles. The van der Waals surface area contributed by atoms with Gasteiger partial charge in [-0.2, -0.15) is 18.0 Å². The van der Waals surface area contributed by atoms with Gasteiger partial charge in [0.1, 0.15) is 0 Å². The second-order valence-electron chi connectivity index (χ2n) is 9.48. The van der Waals surface area contributed by atoms with Crippen molar-refractivity contribution in [2.75, 3.05) is 26.2 Å². The minimum atomic E-state index is -0.750. The summed E-state index contributed by atoms with van der Waals surface area (Å²) in [7, 11) is 0. The fraction of sp³-hybridized carbons (Fsp3) is 0.423. The molecule has 1 amide bonds. The van der Waals surface area contributed by atoms with Crippen molar-refractivity contribution in [3.8, 4) is 5.82 Å². The van der Waals surface area contributed by atoms with Crippen molar-refractivity contribution in [2.45, 2.75) is 47.1 Å². The van der Waals surface area contributed by atoms with Gasteiger partial charge in [-0.25, -0.2) is 4.68 Å². The Morgan fingerprint density at radius 2 is 1.68 bits per heavy atom. The van der Waals surface area contributed by atoms with Crippen molar-refractivity contribution in [1.29, 1.82) is 0 Å². The first kappa shape index (κ1) is 27.3. The monoisotopic (exact) mass is 536 g/mol. The third kappa shape index (κ3) is 6.20. The van der Waals surface area contributed by atoms with E-state index in [9.17, 15) is 4.79 Å². The van der Waals surface area contributed by atoms with Crippen LogP contribution in [-0.4, -0.2) is 79.9 Å². The minimum absolute atomic E-state index is 0.214. The van der Waals surface area contributed by atoms with Gasteiger partial charge in [-0.15, -0.1) is 15.3 Å². The van der Waals surface area contributed by atoms with E-state index in [-0.39, 0.29) is 5.91 Å². The highest BCUT2D eigenvalue weighted by molar-refractivity contribution is 7.51. The Morgan fingerprint density at radius 3 is 2.39 bits per heavy atom. The van der Waals surface area contributed by atoms with Crippen LogP contribution in [0, 0.1) is 27.7 Å². The average molecular weight is 537 g/mol. The zero-order valence-electron chi connectivity index (χ0n) is 22.1. The molecule has 38 heavy (non-hydrogen) atoms. The maximum absolute atomic E-state index is 13.0. The number of carbonyl (C=O) groups excluding carboxylic acids is 1. The number of hydrogen-bond acceptors (Lipinski definition) is 8. The highest BCUT2D eigenvalue weighted by Gasteiger charge is 2.22. The van der Waals surface area contributed by atoms with Crippen LogP contribution in [0.4, 0.5) is 0 Å². The Morgan fingerprint density at radius 1 is 0.947 bits per heavy atom. The van der Waals surface area contributed by atoms with Crippen molar-refractivity contribution in [2.24, 2.45) is 0 Å². The smallest absolute Gasteiger partial charge is 0.335 e. The van der Waals surface area contributed by atoms with E-state index in [1.54, 1.807) is 4.52 Å². The first-order chi connectivity index (χ1) is 18.3. The molecule has 0 saturated carbocycles. The molecule has 3 aromatic heterocycles. The van der Waals surface area contributed by atoms with E-state index >= 15 is 0 Å². The summed E-state index contributed by atoms with van der Waals surface area (Å²) < 4.78 is 20.1. The van der Waals surface area contributed by atoms with E-state index < -0.39 is 11.6 Å². The largest absolute Gasteiger partial charge is 0.340 e. The Balaban J connectivity index is 0.00000107. The van der Waals surface area contributed by atoms with Gasteiger partial charge < -0.3 is 4.90 Å². The molecular weight excluding hydrogens is 504 g/mol. The van der Waals surface area contributed by atoms with Gasteiger partial charge >= 0.3 is 11.6 Å². The Bertz CT molecular complexity index is 1470. The van der Waals surface area contributed by atoms with E-state index in [1.165, 1.54) is 11.1 Å². The lowest BCUT2D eigenvalue weighted by molar-refractivity contribution is -0.133. The van der Waals surface area contributed by atoms with Crippen LogP contribution in [0.1, 0.15) is 40.3 Å². The third-order valence-corrected chi connectivity index (χ3v) is 6.87. The van der Waals surface area contributed by atoms with Gasteiger partial charge in [-0.1, -0.05) is 29.8 Å². The summed E-state index contributed by atoms with van der Waals surface area (Å²) in [5.74, 6) is 1.66. The summed E-state index contributed by atoms with van der Waals surface area (Å²) in [5.41, 5.74) is 6.38. The molecule has 0 bridgehead atoms. The summed E-state index contributed by atoms with van der Waals surface area (Å²) >= 11 is -0.750. The molecule has 4 aromatic rings. The highest BCUT2D eigenvalue weighted by atomic mass is 32.1. The van der Waals surface area contributed by atoms with Crippen molar-refractivity contribution in [3.63, 3.8) is 0 Å². The molecule has 1 aliphatic rings. The molecule has 1 fully saturated rings. The zero-order valence-corrected chi connectivity index (χ0v) is 22.9. The van der Waals surface area contributed by atoms with E-state index in [0.29, 0.717) is 24.3 Å². The fourth-order valence-corrected chi connectivity index (χ4v) is 4.87. The number of aromatic nitrogens is 6. The number of benzene rings is 1. The first-order valence-corrected chi connectivity index (χ1v) is 13.2. The predicted octanol–water partition coefficient (Wildman–Crippen LogP) is 2.15. The number of fused-ring (bicyclic) bond motifs is 1. The van der Waals surface area contributed by atoms with Crippen molar-refractivity contribution >= 4 is 23.1 Å². The van der Waals surface area contributed by atoms with Crippen LogP contribution in [0.5, 0.6) is 0 Å². The highest BCUT2D eigenvalue weighted by Crippen LogP contribution is 2.20. The van der Waals surface area contributed by atoms with Gasteiger partial charge in [-0.3, -0.25) is 9.69 Å². The van der Waals surface area contributed by atoms with E-state index in [0.717, 1.165) is 55.5 Å². The van der Waals surface area contributed by atoms with Crippen LogP contribution >= 0.6 is 0 Å². The fourth-order valence-electron chi connectivity index (χ4n) is 4.87. The van der Waals surface area contributed by atoms with E-state index in [4.69, 9.17) is 13.5 Å². The lowest BCUT2D eigenvalue weighted by Crippen LogP contribution is -2.48. The van der Waals surface area contributed by atoms with Gasteiger partial charge in [0.05, 0.1) is 5.69 Å². The molecule has 0 atom stereocenters. The number of nitrogens with zero attached hydrogens (tertiary/aromatic N) is 8. The molecule has 0 N–H and O–H groups in total. The van der Waals surface area contributed by atoms with Crippen molar-refractivity contribution in [3.05, 3.63) is 70.3 Å². The first-order valence-electron chi connectivity index (χ1n) is 12.5. The molecule has 0 radical (unpaired) electrons. The lowest BCUT2D eigenvalue weighted by atomic mass is 10.1. The van der Waals surface area contributed by atoms with Crippen LogP contribution in [0.3, 0.4) is 0 Å².